The SMILES string of the molecule is Cc1ccc2ccnc(NS(=O)(=O)c3cnn(C4CCC4)c3)c2c1. The predicted octanol–water partition coefficient (Wildman–Crippen LogP) is 3.27. The number of nitrogens with one attached hydrogen (secondary N) is 1. The third-order valence-corrected chi connectivity index (χ3v) is 5.78. The number of anilines is 1. The Morgan fingerprint density at radius 1 is 1.25 bits per heavy atom. The summed E-state index contributed by atoms with van der Waals surface area (Å²) in [7, 11) is -3.71. The van der Waals surface area contributed by atoms with Gasteiger partial charge < -0.3 is 0 Å². The molecule has 1 saturated carbocycles. The maximum Gasteiger partial charge on any atom is 0.266 e. The highest BCUT2D eigenvalue weighted by atomic mass is 32.2. The fraction of sp³-hybridized carbons (Fsp3) is 0.294. The van der Waals surface area contributed by atoms with Crippen molar-refractivity contribution in [2.75, 3.05) is 4.72 Å². The summed E-state index contributed by atoms with van der Waals surface area (Å²) in [5.41, 5.74) is 1.05. The lowest BCUT2D eigenvalue weighted by molar-refractivity contribution is 0.289. The van der Waals surface area contributed by atoms with Crippen molar-refractivity contribution in [1.29, 1.82) is 0 Å². The van der Waals surface area contributed by atoms with Gasteiger partial charge in [0.1, 0.15) is 10.7 Å². The van der Waals surface area contributed by atoms with Crippen LogP contribution in [-0.2, 0) is 10.0 Å². The Morgan fingerprint density at radius 2 is 2.08 bits per heavy atom. The smallest absolute Gasteiger partial charge is 0.266 e. The molecular formula is C17H18N4O2S. The molecule has 2 aromatic heterocycles. The van der Waals surface area contributed by atoms with E-state index in [9.17, 15) is 8.42 Å². The first-order valence-electron chi connectivity index (χ1n) is 7.95. The van der Waals surface area contributed by atoms with Crippen LogP contribution in [0.4, 0.5) is 5.82 Å². The summed E-state index contributed by atoms with van der Waals surface area (Å²) in [6.07, 6.45) is 7.88. The van der Waals surface area contributed by atoms with Crippen molar-refractivity contribution >= 4 is 26.6 Å². The number of benzene rings is 1. The van der Waals surface area contributed by atoms with E-state index in [2.05, 4.69) is 14.8 Å². The molecule has 24 heavy (non-hydrogen) atoms. The third-order valence-electron chi connectivity index (χ3n) is 4.49. The van der Waals surface area contributed by atoms with E-state index in [-0.39, 0.29) is 4.90 Å². The van der Waals surface area contributed by atoms with Gasteiger partial charge in [0.05, 0.1) is 12.2 Å². The van der Waals surface area contributed by atoms with Crippen LogP contribution in [0.15, 0.2) is 47.8 Å². The third kappa shape index (κ3) is 2.65. The number of aryl methyl sites for hydroxylation is 1. The van der Waals surface area contributed by atoms with Crippen LogP contribution in [0.2, 0.25) is 0 Å². The lowest BCUT2D eigenvalue weighted by Crippen LogP contribution is -2.17. The maximum absolute atomic E-state index is 12.7. The van der Waals surface area contributed by atoms with Crippen molar-refractivity contribution in [3.8, 4) is 0 Å². The van der Waals surface area contributed by atoms with Gasteiger partial charge in [0.25, 0.3) is 10.0 Å². The van der Waals surface area contributed by atoms with Gasteiger partial charge in [-0.3, -0.25) is 9.40 Å². The summed E-state index contributed by atoms with van der Waals surface area (Å²) >= 11 is 0. The van der Waals surface area contributed by atoms with E-state index >= 15 is 0 Å². The number of hydrogen-bond donors (Lipinski definition) is 1. The van der Waals surface area contributed by atoms with Crippen LogP contribution in [0.5, 0.6) is 0 Å². The van der Waals surface area contributed by atoms with E-state index in [1.807, 2.05) is 31.2 Å². The van der Waals surface area contributed by atoms with Gasteiger partial charge in [-0.2, -0.15) is 5.10 Å². The number of pyridine rings is 1. The van der Waals surface area contributed by atoms with Gasteiger partial charge in [0, 0.05) is 17.8 Å². The van der Waals surface area contributed by atoms with Crippen LogP contribution < -0.4 is 4.72 Å². The first kappa shape index (κ1) is 15.1. The van der Waals surface area contributed by atoms with E-state index in [0.717, 1.165) is 29.2 Å². The number of sulfonamides is 1. The van der Waals surface area contributed by atoms with Crippen LogP contribution in [0.25, 0.3) is 10.8 Å². The molecule has 3 aromatic rings. The molecular weight excluding hydrogens is 324 g/mol. The molecule has 0 bridgehead atoms. The lowest BCUT2D eigenvalue weighted by atomic mass is 9.93. The Kier molecular flexibility index (Phi) is 3.53. The fourth-order valence-corrected chi connectivity index (χ4v) is 3.83. The number of aromatic nitrogens is 3. The minimum Gasteiger partial charge on any atom is -0.268 e. The Hall–Kier alpha value is -2.41. The van der Waals surface area contributed by atoms with Crippen molar-refractivity contribution in [2.24, 2.45) is 0 Å². The second-order valence-corrected chi connectivity index (χ2v) is 7.91. The first-order valence-corrected chi connectivity index (χ1v) is 9.44. The monoisotopic (exact) mass is 342 g/mol. The van der Waals surface area contributed by atoms with Crippen molar-refractivity contribution in [1.82, 2.24) is 14.8 Å². The van der Waals surface area contributed by atoms with E-state index in [1.54, 1.807) is 17.1 Å². The van der Waals surface area contributed by atoms with E-state index in [1.165, 1.54) is 12.6 Å². The standard InChI is InChI=1S/C17H18N4O2S/c1-12-5-6-13-7-8-18-17(16(13)9-12)20-24(22,23)15-10-19-21(11-15)14-3-2-4-14/h5-11,14H,2-4H2,1H3,(H,18,20). The zero-order chi connectivity index (χ0) is 16.7. The first-order chi connectivity index (χ1) is 11.5. The van der Waals surface area contributed by atoms with Gasteiger partial charge in [0.2, 0.25) is 0 Å². The highest BCUT2D eigenvalue weighted by Crippen LogP contribution is 2.31. The highest BCUT2D eigenvalue weighted by Gasteiger charge is 2.24. The molecule has 0 unspecified atom stereocenters. The zero-order valence-electron chi connectivity index (χ0n) is 13.3. The van der Waals surface area contributed by atoms with E-state index in [0.29, 0.717) is 11.9 Å². The fourth-order valence-electron chi connectivity index (χ4n) is 2.86. The van der Waals surface area contributed by atoms with Gasteiger partial charge in [-0.15, -0.1) is 0 Å². The summed E-state index contributed by atoms with van der Waals surface area (Å²) < 4.78 is 29.7. The molecule has 1 aliphatic carbocycles. The summed E-state index contributed by atoms with van der Waals surface area (Å²) in [5.74, 6) is 0.340. The summed E-state index contributed by atoms with van der Waals surface area (Å²) in [6.45, 7) is 1.97. The van der Waals surface area contributed by atoms with Crippen LogP contribution in [0, 0.1) is 6.92 Å². The second-order valence-electron chi connectivity index (χ2n) is 6.23. The average Bonchev–Trinajstić information content (AvgIpc) is 2.96. The summed E-state index contributed by atoms with van der Waals surface area (Å²) in [5, 5.41) is 5.93. The molecule has 0 amide bonds. The van der Waals surface area contributed by atoms with Gasteiger partial charge in [-0.1, -0.05) is 17.7 Å². The Morgan fingerprint density at radius 3 is 2.83 bits per heavy atom. The van der Waals surface area contributed by atoms with Gasteiger partial charge in [-0.25, -0.2) is 13.4 Å². The Labute approximate surface area is 140 Å². The van der Waals surface area contributed by atoms with E-state index in [4.69, 9.17) is 0 Å². The molecule has 1 aliphatic rings. The van der Waals surface area contributed by atoms with Gasteiger partial charge in [0.15, 0.2) is 0 Å². The highest BCUT2D eigenvalue weighted by molar-refractivity contribution is 7.92. The molecule has 1 fully saturated rings. The van der Waals surface area contributed by atoms with Crippen molar-refractivity contribution < 1.29 is 8.42 Å². The Balaban J connectivity index is 1.69. The molecule has 7 heteroatoms. The van der Waals surface area contributed by atoms with Gasteiger partial charge >= 0.3 is 0 Å². The number of nitrogens with zero attached hydrogens (tertiary/aromatic N) is 3. The van der Waals surface area contributed by atoms with Crippen molar-refractivity contribution in [3.05, 3.63) is 48.4 Å². The molecule has 0 saturated heterocycles. The molecule has 0 radical (unpaired) electrons. The second kappa shape index (κ2) is 5.59. The molecule has 1 N–H and O–H groups in total. The summed E-state index contributed by atoms with van der Waals surface area (Å²) in [4.78, 5) is 4.38. The quantitative estimate of drug-likeness (QED) is 0.789. The number of hydrogen-bond acceptors (Lipinski definition) is 4. The van der Waals surface area contributed by atoms with Crippen LogP contribution in [-0.4, -0.2) is 23.2 Å². The van der Waals surface area contributed by atoms with Gasteiger partial charge in [-0.05, 0) is 43.7 Å². The molecule has 1 aromatic carbocycles. The molecule has 124 valence electrons. The van der Waals surface area contributed by atoms with Crippen LogP contribution >= 0.6 is 0 Å². The van der Waals surface area contributed by atoms with Crippen LogP contribution in [0.3, 0.4) is 0 Å². The molecule has 0 aliphatic heterocycles. The van der Waals surface area contributed by atoms with E-state index < -0.39 is 10.0 Å². The zero-order valence-corrected chi connectivity index (χ0v) is 14.1. The average molecular weight is 342 g/mol. The van der Waals surface area contributed by atoms with Crippen molar-refractivity contribution in [3.63, 3.8) is 0 Å². The molecule has 6 nitrogen and oxygen atoms in total. The Bertz CT molecular complexity index is 1010. The molecule has 4 rings (SSSR count). The normalized spacial score (nSPS) is 15.4. The molecule has 0 spiro atoms. The van der Waals surface area contributed by atoms with Crippen LogP contribution in [0.1, 0.15) is 30.9 Å². The lowest BCUT2D eigenvalue weighted by Gasteiger charge is -2.25. The molecule has 2 heterocycles. The topological polar surface area (TPSA) is 76.9 Å². The number of fused-ring (bicyclic) bond motifs is 1. The number of rotatable bonds is 4. The largest absolute Gasteiger partial charge is 0.268 e. The summed E-state index contributed by atoms with van der Waals surface area (Å²) in [6, 6.07) is 8.06. The predicted molar refractivity (Wildman–Crippen MR) is 92.4 cm³/mol. The minimum atomic E-state index is -3.71. The minimum absolute atomic E-state index is 0.167. The molecule has 0 atom stereocenters. The van der Waals surface area contributed by atoms with Crippen molar-refractivity contribution in [2.45, 2.75) is 37.1 Å². The maximum atomic E-state index is 12.7.